The Kier molecular flexibility index (Phi) is 6.67. The van der Waals surface area contributed by atoms with Gasteiger partial charge in [0, 0.05) is 29.3 Å². The molecule has 4 rings (SSSR count). The Bertz CT molecular complexity index is 1100. The van der Waals surface area contributed by atoms with Crippen molar-refractivity contribution in [1.29, 1.82) is 0 Å². The molecule has 0 aliphatic heterocycles. The Balaban J connectivity index is 1.22. The van der Waals surface area contributed by atoms with Gasteiger partial charge in [-0.1, -0.05) is 54.6 Å². The van der Waals surface area contributed by atoms with E-state index >= 15 is 0 Å². The smallest absolute Gasteiger partial charge is 0.226 e. The normalized spacial score (nSPS) is 10.8. The Labute approximate surface area is 184 Å². The molecular weight excluding hydrogens is 410 g/mol. The summed E-state index contributed by atoms with van der Waals surface area (Å²) in [6.45, 7) is 2.63. The number of carbonyl (C=O) groups is 1. The van der Waals surface area contributed by atoms with Crippen molar-refractivity contribution < 1.29 is 4.79 Å². The number of thiazole rings is 2. The number of hydrogen-bond donors (Lipinski definition) is 1. The van der Waals surface area contributed by atoms with Crippen LogP contribution in [0.3, 0.4) is 0 Å². The molecule has 2 heterocycles. The van der Waals surface area contributed by atoms with Gasteiger partial charge >= 0.3 is 0 Å². The zero-order valence-corrected chi connectivity index (χ0v) is 18.4. The highest BCUT2D eigenvalue weighted by molar-refractivity contribution is 7.10. The van der Waals surface area contributed by atoms with E-state index in [1.54, 1.807) is 22.7 Å². The molecule has 0 aliphatic carbocycles. The molecule has 0 saturated carbocycles. The van der Waals surface area contributed by atoms with Crippen molar-refractivity contribution in [1.82, 2.24) is 15.3 Å². The van der Waals surface area contributed by atoms with E-state index in [0.717, 1.165) is 39.8 Å². The largest absolute Gasteiger partial charge is 0.355 e. The minimum atomic E-state index is 0.0149. The minimum Gasteiger partial charge on any atom is -0.355 e. The van der Waals surface area contributed by atoms with Gasteiger partial charge in [-0.3, -0.25) is 4.79 Å². The molecule has 4 nitrogen and oxygen atoms in total. The fourth-order valence-corrected chi connectivity index (χ4v) is 4.64. The Hall–Kier alpha value is -2.83. The summed E-state index contributed by atoms with van der Waals surface area (Å²) in [5.74, 6) is 0.0149. The molecule has 6 heteroatoms. The summed E-state index contributed by atoms with van der Waals surface area (Å²) in [7, 11) is 0. The van der Waals surface area contributed by atoms with E-state index in [9.17, 15) is 4.79 Å². The zero-order valence-electron chi connectivity index (χ0n) is 16.8. The number of rotatable bonds is 8. The molecule has 152 valence electrons. The van der Waals surface area contributed by atoms with E-state index in [-0.39, 0.29) is 5.91 Å². The number of aryl methyl sites for hydroxylation is 1. The van der Waals surface area contributed by atoms with Gasteiger partial charge in [-0.05, 0) is 24.5 Å². The minimum absolute atomic E-state index is 0.0149. The second-order valence-corrected chi connectivity index (χ2v) is 9.13. The van der Waals surface area contributed by atoms with Crippen molar-refractivity contribution in [3.8, 4) is 11.3 Å². The molecule has 0 bridgehead atoms. The van der Waals surface area contributed by atoms with Crippen LogP contribution in [-0.2, 0) is 24.1 Å². The van der Waals surface area contributed by atoms with Crippen LogP contribution in [0.15, 0.2) is 65.4 Å². The average molecular weight is 434 g/mol. The van der Waals surface area contributed by atoms with E-state index in [1.807, 2.05) is 30.5 Å². The third kappa shape index (κ3) is 5.62. The second kappa shape index (κ2) is 9.78. The lowest BCUT2D eigenvalue weighted by molar-refractivity contribution is -0.120. The van der Waals surface area contributed by atoms with E-state index in [1.165, 1.54) is 11.1 Å². The maximum Gasteiger partial charge on any atom is 0.226 e. The molecule has 1 N–H and O–H groups in total. The SMILES string of the molecule is Cc1nc(-c2ccc(CCNC(=O)Cc3csc(Cc4ccccc4)n3)cc2)cs1. The van der Waals surface area contributed by atoms with E-state index < -0.39 is 0 Å². The highest BCUT2D eigenvalue weighted by Crippen LogP contribution is 2.22. The van der Waals surface area contributed by atoms with E-state index in [4.69, 9.17) is 0 Å². The lowest BCUT2D eigenvalue weighted by Gasteiger charge is -2.05. The van der Waals surface area contributed by atoms with Crippen LogP contribution < -0.4 is 5.32 Å². The van der Waals surface area contributed by atoms with Crippen LogP contribution in [0.2, 0.25) is 0 Å². The van der Waals surface area contributed by atoms with Gasteiger partial charge in [-0.25, -0.2) is 9.97 Å². The summed E-state index contributed by atoms with van der Waals surface area (Å²) in [6, 6.07) is 18.7. The van der Waals surface area contributed by atoms with Crippen LogP contribution in [0.25, 0.3) is 11.3 Å². The quantitative estimate of drug-likeness (QED) is 0.422. The highest BCUT2D eigenvalue weighted by Gasteiger charge is 2.08. The van der Waals surface area contributed by atoms with Crippen LogP contribution in [0.1, 0.15) is 26.8 Å². The first-order valence-electron chi connectivity index (χ1n) is 9.91. The Morgan fingerprint density at radius 1 is 0.933 bits per heavy atom. The van der Waals surface area contributed by atoms with Crippen molar-refractivity contribution in [2.75, 3.05) is 6.54 Å². The molecule has 2 aromatic heterocycles. The van der Waals surface area contributed by atoms with Crippen LogP contribution in [0.5, 0.6) is 0 Å². The van der Waals surface area contributed by atoms with Gasteiger partial charge in [0.1, 0.15) is 0 Å². The third-order valence-electron chi connectivity index (χ3n) is 4.74. The van der Waals surface area contributed by atoms with E-state index in [2.05, 4.69) is 57.1 Å². The van der Waals surface area contributed by atoms with Gasteiger partial charge in [0.2, 0.25) is 5.91 Å². The first-order chi connectivity index (χ1) is 14.7. The summed E-state index contributed by atoms with van der Waals surface area (Å²) in [4.78, 5) is 21.4. The van der Waals surface area contributed by atoms with Crippen molar-refractivity contribution >= 4 is 28.6 Å². The summed E-state index contributed by atoms with van der Waals surface area (Å²) in [5.41, 5.74) is 5.42. The molecule has 0 unspecified atom stereocenters. The fourth-order valence-electron chi connectivity index (χ4n) is 3.19. The standard InChI is InChI=1S/C24H23N3OS2/c1-17-26-22(16-29-17)20-9-7-18(8-10-20)11-12-25-23(28)14-21-15-30-24(27-21)13-19-5-3-2-4-6-19/h2-10,15-16H,11-14H2,1H3,(H,25,28). The van der Waals surface area contributed by atoms with Gasteiger partial charge < -0.3 is 5.32 Å². The van der Waals surface area contributed by atoms with Gasteiger partial charge in [-0.15, -0.1) is 22.7 Å². The number of carbonyl (C=O) groups excluding carboxylic acids is 1. The van der Waals surface area contributed by atoms with Crippen molar-refractivity contribution in [2.45, 2.75) is 26.2 Å². The molecule has 2 aromatic carbocycles. The van der Waals surface area contributed by atoms with Crippen molar-refractivity contribution in [2.24, 2.45) is 0 Å². The molecule has 1 amide bonds. The van der Waals surface area contributed by atoms with Gasteiger partial charge in [-0.2, -0.15) is 0 Å². The number of nitrogens with one attached hydrogen (secondary N) is 1. The molecule has 0 saturated heterocycles. The molecule has 0 spiro atoms. The molecule has 0 fully saturated rings. The summed E-state index contributed by atoms with van der Waals surface area (Å²) >= 11 is 3.27. The van der Waals surface area contributed by atoms with Crippen molar-refractivity contribution in [3.63, 3.8) is 0 Å². The molecule has 30 heavy (non-hydrogen) atoms. The molecular formula is C24H23N3OS2. The average Bonchev–Trinajstić information content (AvgIpc) is 3.38. The number of benzene rings is 2. The highest BCUT2D eigenvalue weighted by atomic mass is 32.1. The summed E-state index contributed by atoms with van der Waals surface area (Å²) in [6.07, 6.45) is 1.94. The van der Waals surface area contributed by atoms with Gasteiger partial charge in [0.05, 0.1) is 27.8 Å². The van der Waals surface area contributed by atoms with Crippen LogP contribution >= 0.6 is 22.7 Å². The lowest BCUT2D eigenvalue weighted by Crippen LogP contribution is -2.27. The topological polar surface area (TPSA) is 54.9 Å². The summed E-state index contributed by atoms with van der Waals surface area (Å²) < 4.78 is 0. The predicted octanol–water partition coefficient (Wildman–Crippen LogP) is 5.07. The van der Waals surface area contributed by atoms with Gasteiger partial charge in [0.25, 0.3) is 0 Å². The zero-order chi connectivity index (χ0) is 20.8. The van der Waals surface area contributed by atoms with Gasteiger partial charge in [0.15, 0.2) is 0 Å². The Morgan fingerprint density at radius 3 is 2.47 bits per heavy atom. The second-order valence-electron chi connectivity index (χ2n) is 7.12. The van der Waals surface area contributed by atoms with Crippen LogP contribution in [0.4, 0.5) is 0 Å². The third-order valence-corrected chi connectivity index (χ3v) is 6.41. The Morgan fingerprint density at radius 2 is 1.73 bits per heavy atom. The lowest BCUT2D eigenvalue weighted by atomic mass is 10.1. The molecule has 0 radical (unpaired) electrons. The molecule has 0 atom stereocenters. The number of amides is 1. The maximum absolute atomic E-state index is 12.3. The first-order valence-corrected chi connectivity index (χ1v) is 11.7. The number of hydrogen-bond acceptors (Lipinski definition) is 5. The molecule has 0 aliphatic rings. The first kappa shape index (κ1) is 20.4. The fraction of sp³-hybridized carbons (Fsp3) is 0.208. The predicted molar refractivity (Wildman–Crippen MR) is 124 cm³/mol. The number of nitrogens with zero attached hydrogens (tertiary/aromatic N) is 2. The van der Waals surface area contributed by atoms with Crippen LogP contribution in [-0.4, -0.2) is 22.4 Å². The van der Waals surface area contributed by atoms with Crippen LogP contribution in [0, 0.1) is 6.92 Å². The number of aromatic nitrogens is 2. The van der Waals surface area contributed by atoms with E-state index in [0.29, 0.717) is 13.0 Å². The maximum atomic E-state index is 12.3. The van der Waals surface area contributed by atoms with Crippen molar-refractivity contribution in [3.05, 3.63) is 92.2 Å². The molecule has 4 aromatic rings. The summed E-state index contributed by atoms with van der Waals surface area (Å²) in [5, 5.41) is 9.18. The monoisotopic (exact) mass is 433 g/mol.